The molecule has 0 N–H and O–H groups in total. The van der Waals surface area contributed by atoms with E-state index in [-0.39, 0.29) is 5.41 Å². The van der Waals surface area contributed by atoms with Crippen molar-refractivity contribution in [3.05, 3.63) is 29.8 Å². The molecule has 1 aromatic rings. The second-order valence-corrected chi connectivity index (χ2v) is 6.54. The Morgan fingerprint density at radius 3 is 2.47 bits per heavy atom. The highest BCUT2D eigenvalue weighted by Crippen LogP contribution is 2.43. The van der Waals surface area contributed by atoms with Crippen molar-refractivity contribution in [2.75, 3.05) is 11.5 Å². The van der Waals surface area contributed by atoms with Crippen LogP contribution in [0.2, 0.25) is 0 Å². The van der Waals surface area contributed by atoms with E-state index in [0.29, 0.717) is 4.90 Å². The smallest absolute Gasteiger partial charge is 0.179 e. The molecule has 0 amide bonds. The van der Waals surface area contributed by atoms with Crippen molar-refractivity contribution in [2.45, 2.75) is 36.8 Å². The van der Waals surface area contributed by atoms with Crippen LogP contribution in [0.4, 0.5) is 13.2 Å². The van der Waals surface area contributed by atoms with Crippen molar-refractivity contribution >= 4 is 24.4 Å². The second-order valence-electron chi connectivity index (χ2n) is 5.18. The van der Waals surface area contributed by atoms with Crippen molar-refractivity contribution in [1.29, 1.82) is 0 Å². The average molecular weight is 306 g/mol. The summed E-state index contributed by atoms with van der Waals surface area (Å²) in [6.07, 6.45) is 0.448. The van der Waals surface area contributed by atoms with Gasteiger partial charge in [0.25, 0.3) is 0 Å². The van der Waals surface area contributed by atoms with Crippen LogP contribution in [0.1, 0.15) is 31.2 Å². The van der Waals surface area contributed by atoms with E-state index >= 15 is 0 Å². The maximum absolute atomic E-state index is 12.6. The summed E-state index contributed by atoms with van der Waals surface area (Å²) in [6.45, 7) is 0. The summed E-state index contributed by atoms with van der Waals surface area (Å²) in [5.74, 6) is 1.68. The van der Waals surface area contributed by atoms with Gasteiger partial charge < -0.3 is 0 Å². The molecular weight excluding hydrogens is 289 g/mol. The van der Waals surface area contributed by atoms with Crippen molar-refractivity contribution < 1.29 is 13.2 Å². The number of alkyl halides is 3. The van der Waals surface area contributed by atoms with E-state index in [1.807, 2.05) is 0 Å². The molecule has 0 saturated heterocycles. The molecule has 19 heavy (non-hydrogen) atoms. The van der Waals surface area contributed by atoms with Gasteiger partial charge in [0.2, 0.25) is 0 Å². The van der Waals surface area contributed by atoms with E-state index in [1.165, 1.54) is 36.7 Å². The average Bonchev–Trinajstić information content (AvgIpc) is 2.85. The Kier molecular flexibility index (Phi) is 4.77. The van der Waals surface area contributed by atoms with E-state index in [9.17, 15) is 13.2 Å². The Morgan fingerprint density at radius 1 is 1.21 bits per heavy atom. The standard InChI is InChI=1S/C14H17F3S2/c15-14(16,17)11-4-3-5-12(8-11)19-10-13(9-18)6-1-2-7-13/h3-5,8,18H,1-2,6-7,9-10H2. The Morgan fingerprint density at radius 2 is 1.89 bits per heavy atom. The molecule has 5 heteroatoms. The molecule has 0 aliphatic heterocycles. The van der Waals surface area contributed by atoms with E-state index in [1.54, 1.807) is 6.07 Å². The molecule has 0 spiro atoms. The fourth-order valence-electron chi connectivity index (χ4n) is 2.47. The molecule has 0 aromatic heterocycles. The topological polar surface area (TPSA) is 0 Å². The van der Waals surface area contributed by atoms with Gasteiger partial charge in [0.05, 0.1) is 5.56 Å². The largest absolute Gasteiger partial charge is 0.416 e. The minimum atomic E-state index is -4.26. The normalized spacial score (nSPS) is 18.7. The summed E-state index contributed by atoms with van der Waals surface area (Å²) in [6, 6.07) is 5.59. The lowest BCUT2D eigenvalue weighted by molar-refractivity contribution is -0.137. The van der Waals surface area contributed by atoms with Gasteiger partial charge in [-0.1, -0.05) is 18.9 Å². The minimum Gasteiger partial charge on any atom is -0.179 e. The number of benzene rings is 1. The van der Waals surface area contributed by atoms with Crippen LogP contribution in [0.25, 0.3) is 0 Å². The molecule has 0 bridgehead atoms. The first kappa shape index (κ1) is 15.1. The van der Waals surface area contributed by atoms with E-state index in [4.69, 9.17) is 0 Å². The molecular formula is C14H17F3S2. The molecule has 0 heterocycles. The summed E-state index contributed by atoms with van der Waals surface area (Å²) in [5, 5.41) is 0. The first-order chi connectivity index (χ1) is 8.95. The van der Waals surface area contributed by atoms with E-state index < -0.39 is 11.7 Å². The van der Waals surface area contributed by atoms with Gasteiger partial charge >= 0.3 is 6.18 Å². The van der Waals surface area contributed by atoms with Crippen LogP contribution in [0.3, 0.4) is 0 Å². The predicted molar refractivity (Wildman–Crippen MR) is 76.9 cm³/mol. The number of hydrogen-bond acceptors (Lipinski definition) is 2. The highest BCUT2D eigenvalue weighted by atomic mass is 32.2. The number of halogens is 3. The third-order valence-electron chi connectivity index (χ3n) is 3.71. The maximum atomic E-state index is 12.6. The van der Waals surface area contributed by atoms with Crippen molar-refractivity contribution in [1.82, 2.24) is 0 Å². The first-order valence-electron chi connectivity index (χ1n) is 6.36. The van der Waals surface area contributed by atoms with Gasteiger partial charge in [-0.3, -0.25) is 0 Å². The molecule has 0 radical (unpaired) electrons. The van der Waals surface area contributed by atoms with Gasteiger partial charge in [0.1, 0.15) is 0 Å². The summed E-state index contributed by atoms with van der Waals surface area (Å²) in [4.78, 5) is 0.697. The molecule has 106 valence electrons. The Bertz CT molecular complexity index is 423. The molecule has 1 fully saturated rings. The Labute approximate surface area is 121 Å². The number of thioether (sulfide) groups is 1. The fraction of sp³-hybridized carbons (Fsp3) is 0.571. The SMILES string of the molecule is FC(F)(F)c1cccc(SCC2(CS)CCCC2)c1. The van der Waals surface area contributed by atoms with Gasteiger partial charge in [0.15, 0.2) is 0 Å². The second kappa shape index (κ2) is 6.00. The van der Waals surface area contributed by atoms with Gasteiger partial charge in [-0.2, -0.15) is 25.8 Å². The zero-order valence-electron chi connectivity index (χ0n) is 10.5. The van der Waals surface area contributed by atoms with Crippen LogP contribution < -0.4 is 0 Å². The fourth-order valence-corrected chi connectivity index (χ4v) is 4.30. The summed E-state index contributed by atoms with van der Waals surface area (Å²) in [5.41, 5.74) is -0.356. The van der Waals surface area contributed by atoms with Crippen LogP contribution in [0.15, 0.2) is 29.2 Å². The molecule has 0 atom stereocenters. The lowest BCUT2D eigenvalue weighted by Gasteiger charge is -2.26. The highest BCUT2D eigenvalue weighted by molar-refractivity contribution is 7.99. The number of thiol groups is 1. The van der Waals surface area contributed by atoms with Crippen molar-refractivity contribution in [3.63, 3.8) is 0 Å². The molecule has 0 nitrogen and oxygen atoms in total. The Hall–Kier alpha value is -0.290. The minimum absolute atomic E-state index is 0.210. The van der Waals surface area contributed by atoms with Crippen molar-refractivity contribution in [3.8, 4) is 0 Å². The van der Waals surface area contributed by atoms with E-state index in [0.717, 1.165) is 30.4 Å². The molecule has 1 aliphatic carbocycles. The lowest BCUT2D eigenvalue weighted by Crippen LogP contribution is -2.21. The molecule has 1 aliphatic rings. The zero-order chi connectivity index (χ0) is 13.9. The summed E-state index contributed by atoms with van der Waals surface area (Å²) in [7, 11) is 0. The quantitative estimate of drug-likeness (QED) is 0.582. The highest BCUT2D eigenvalue weighted by Gasteiger charge is 2.33. The van der Waals surface area contributed by atoms with Gasteiger partial charge in [-0.15, -0.1) is 11.8 Å². The monoisotopic (exact) mass is 306 g/mol. The van der Waals surface area contributed by atoms with Crippen LogP contribution in [0.5, 0.6) is 0 Å². The van der Waals surface area contributed by atoms with Crippen molar-refractivity contribution in [2.24, 2.45) is 5.41 Å². The van der Waals surface area contributed by atoms with Crippen LogP contribution in [0, 0.1) is 5.41 Å². The van der Waals surface area contributed by atoms with Crippen LogP contribution in [-0.2, 0) is 6.18 Å². The van der Waals surface area contributed by atoms with Gasteiger partial charge in [-0.25, -0.2) is 0 Å². The predicted octanol–water partition coefficient (Wildman–Crippen LogP) is 5.29. The number of hydrogen-bond donors (Lipinski definition) is 1. The molecule has 1 saturated carbocycles. The Balaban J connectivity index is 2.03. The molecule has 0 unspecified atom stereocenters. The zero-order valence-corrected chi connectivity index (χ0v) is 12.3. The molecule has 1 aromatic carbocycles. The lowest BCUT2D eigenvalue weighted by atomic mass is 9.91. The van der Waals surface area contributed by atoms with E-state index in [2.05, 4.69) is 12.6 Å². The van der Waals surface area contributed by atoms with Crippen LogP contribution >= 0.6 is 24.4 Å². The van der Waals surface area contributed by atoms with Gasteiger partial charge in [-0.05, 0) is 42.2 Å². The summed E-state index contributed by atoms with van der Waals surface area (Å²) >= 11 is 5.94. The first-order valence-corrected chi connectivity index (χ1v) is 7.98. The van der Waals surface area contributed by atoms with Gasteiger partial charge in [0, 0.05) is 10.6 Å². The maximum Gasteiger partial charge on any atom is 0.416 e. The third kappa shape index (κ3) is 3.85. The molecule has 2 rings (SSSR count). The third-order valence-corrected chi connectivity index (χ3v) is 5.72. The number of rotatable bonds is 4. The summed E-state index contributed by atoms with van der Waals surface area (Å²) < 4.78 is 37.9. The van der Waals surface area contributed by atoms with Crippen LogP contribution in [-0.4, -0.2) is 11.5 Å².